The van der Waals surface area contributed by atoms with E-state index in [0.29, 0.717) is 28.5 Å². The van der Waals surface area contributed by atoms with Crippen molar-refractivity contribution in [3.63, 3.8) is 0 Å². The van der Waals surface area contributed by atoms with Crippen molar-refractivity contribution in [2.75, 3.05) is 6.54 Å². The molecule has 0 bridgehead atoms. The lowest BCUT2D eigenvalue weighted by Gasteiger charge is -2.20. The molecule has 4 aromatic heterocycles. The highest BCUT2D eigenvalue weighted by atomic mass is 32.1. The molecule has 0 atom stereocenters. The average Bonchev–Trinajstić information content (AvgIpc) is 3.62. The van der Waals surface area contributed by atoms with Gasteiger partial charge in [0.25, 0.3) is 11.4 Å². The van der Waals surface area contributed by atoms with Crippen molar-refractivity contribution < 1.29 is 9.21 Å². The zero-order valence-electron chi connectivity index (χ0n) is 18.4. The molecule has 34 heavy (non-hydrogen) atoms. The molecule has 0 spiro atoms. The van der Waals surface area contributed by atoms with Crippen LogP contribution in [-0.2, 0) is 17.9 Å². The second-order valence-electron chi connectivity index (χ2n) is 7.66. The van der Waals surface area contributed by atoms with E-state index >= 15 is 0 Å². The molecule has 5 rings (SSSR count). The Kier molecular flexibility index (Phi) is 6.33. The van der Waals surface area contributed by atoms with E-state index in [9.17, 15) is 9.59 Å². The maximum Gasteiger partial charge on any atom is 0.271 e. The highest BCUT2D eigenvalue weighted by Gasteiger charge is 2.20. The number of fused-ring (bicyclic) bond motifs is 1. The first-order valence-electron chi connectivity index (χ1n) is 10.8. The number of thiophene rings is 2. The lowest BCUT2D eigenvalue weighted by atomic mass is 10.2. The minimum absolute atomic E-state index is 0.105. The van der Waals surface area contributed by atoms with E-state index in [-0.39, 0.29) is 24.6 Å². The van der Waals surface area contributed by atoms with Gasteiger partial charge in [-0.25, -0.2) is 4.98 Å². The number of nitrogens with zero attached hydrogens (tertiary/aromatic N) is 5. The van der Waals surface area contributed by atoms with E-state index in [4.69, 9.17) is 4.42 Å². The highest BCUT2D eigenvalue weighted by molar-refractivity contribution is 7.22. The van der Waals surface area contributed by atoms with Gasteiger partial charge >= 0.3 is 0 Å². The molecule has 0 N–H and O–H groups in total. The molecule has 0 saturated heterocycles. The predicted molar refractivity (Wildman–Crippen MR) is 133 cm³/mol. The minimum atomic E-state index is -0.222. The van der Waals surface area contributed by atoms with Crippen LogP contribution in [0.25, 0.3) is 31.4 Å². The van der Waals surface area contributed by atoms with Crippen molar-refractivity contribution in [3.8, 4) is 21.2 Å². The number of carbonyl (C=O) groups excluding carboxylic acids is 1. The molecule has 0 unspecified atom stereocenters. The normalized spacial score (nSPS) is 11.2. The smallest absolute Gasteiger partial charge is 0.271 e. The lowest BCUT2D eigenvalue weighted by Crippen LogP contribution is -2.36. The van der Waals surface area contributed by atoms with Crippen LogP contribution in [0.2, 0.25) is 0 Å². The summed E-state index contributed by atoms with van der Waals surface area (Å²) in [4.78, 5) is 34.1. The molecular weight excluding hydrogens is 470 g/mol. The molecule has 1 aromatic carbocycles. The third-order valence-corrected chi connectivity index (χ3v) is 7.26. The van der Waals surface area contributed by atoms with Gasteiger partial charge in [-0.3, -0.25) is 14.2 Å². The fourth-order valence-electron chi connectivity index (χ4n) is 3.59. The van der Waals surface area contributed by atoms with Crippen molar-refractivity contribution in [1.29, 1.82) is 0 Å². The second-order valence-corrected chi connectivity index (χ2v) is 9.66. The number of carbonyl (C=O) groups is 1. The summed E-state index contributed by atoms with van der Waals surface area (Å²) in [6, 6.07) is 15.6. The first-order valence-corrected chi connectivity index (χ1v) is 12.5. The summed E-state index contributed by atoms with van der Waals surface area (Å²) < 4.78 is 7.65. The molecule has 0 aliphatic heterocycles. The summed E-state index contributed by atoms with van der Waals surface area (Å²) >= 11 is 2.90. The molecule has 172 valence electrons. The Hall–Kier alpha value is -3.63. The summed E-state index contributed by atoms with van der Waals surface area (Å²) in [5.74, 6) is 0.587. The van der Waals surface area contributed by atoms with E-state index in [1.807, 2.05) is 60.8 Å². The first-order chi connectivity index (χ1) is 16.6. The van der Waals surface area contributed by atoms with Gasteiger partial charge in [-0.15, -0.1) is 32.9 Å². The quantitative estimate of drug-likeness (QED) is 0.313. The van der Waals surface area contributed by atoms with Crippen LogP contribution in [0.1, 0.15) is 19.2 Å². The first kappa shape index (κ1) is 22.2. The predicted octanol–water partition coefficient (Wildman–Crippen LogP) is 4.68. The van der Waals surface area contributed by atoms with E-state index in [1.54, 1.807) is 4.90 Å². The number of hydrogen-bond donors (Lipinski definition) is 0. The largest absolute Gasteiger partial charge is 0.418 e. The molecule has 0 aliphatic rings. The van der Waals surface area contributed by atoms with Crippen molar-refractivity contribution >= 4 is 38.8 Å². The van der Waals surface area contributed by atoms with E-state index in [0.717, 1.165) is 21.7 Å². The molecule has 5 aromatic rings. The van der Waals surface area contributed by atoms with Gasteiger partial charge < -0.3 is 9.32 Å². The SMILES string of the molecule is CCCN(Cc1nnc(-c2cccs2)o1)C(=O)Cn1cnc2cc(-c3ccccc3)sc2c1=O. The Labute approximate surface area is 203 Å². The zero-order valence-corrected chi connectivity index (χ0v) is 20.0. The van der Waals surface area contributed by atoms with Gasteiger partial charge in [-0.05, 0) is 29.5 Å². The summed E-state index contributed by atoms with van der Waals surface area (Å²) in [5.41, 5.74) is 1.44. The van der Waals surface area contributed by atoms with Gasteiger partial charge in [0.15, 0.2) is 0 Å². The molecule has 0 fully saturated rings. The maximum absolute atomic E-state index is 13.1. The van der Waals surface area contributed by atoms with Crippen LogP contribution in [0.4, 0.5) is 0 Å². The summed E-state index contributed by atoms with van der Waals surface area (Å²) in [7, 11) is 0. The summed E-state index contributed by atoms with van der Waals surface area (Å²) in [5, 5.41) is 10.1. The van der Waals surface area contributed by atoms with Gasteiger partial charge in [0.1, 0.15) is 11.2 Å². The third kappa shape index (κ3) is 4.55. The fourth-order valence-corrected chi connectivity index (χ4v) is 5.30. The van der Waals surface area contributed by atoms with Gasteiger partial charge in [-0.2, -0.15) is 0 Å². The number of benzene rings is 1. The van der Waals surface area contributed by atoms with Crippen LogP contribution in [-0.4, -0.2) is 37.1 Å². The van der Waals surface area contributed by atoms with Crippen LogP contribution < -0.4 is 5.56 Å². The number of amides is 1. The third-order valence-electron chi connectivity index (χ3n) is 5.24. The van der Waals surface area contributed by atoms with Crippen molar-refractivity contribution in [2.45, 2.75) is 26.4 Å². The van der Waals surface area contributed by atoms with E-state index in [2.05, 4.69) is 15.2 Å². The Morgan fingerprint density at radius 1 is 1.12 bits per heavy atom. The van der Waals surface area contributed by atoms with Crippen molar-refractivity contribution in [1.82, 2.24) is 24.6 Å². The summed E-state index contributed by atoms with van der Waals surface area (Å²) in [6.45, 7) is 2.58. The fraction of sp³-hybridized carbons (Fsp3) is 0.208. The van der Waals surface area contributed by atoms with Crippen LogP contribution >= 0.6 is 22.7 Å². The van der Waals surface area contributed by atoms with Crippen LogP contribution in [0.15, 0.2) is 69.5 Å². The summed E-state index contributed by atoms with van der Waals surface area (Å²) in [6.07, 6.45) is 2.20. The van der Waals surface area contributed by atoms with Crippen LogP contribution in [0.3, 0.4) is 0 Å². The maximum atomic E-state index is 13.1. The van der Waals surface area contributed by atoms with Crippen LogP contribution in [0.5, 0.6) is 0 Å². The second kappa shape index (κ2) is 9.70. The Balaban J connectivity index is 1.35. The standard InChI is InChI=1S/C24H21N5O3S2/c1-2-10-28(13-20-26-27-23(32-20)18-9-6-11-33-18)21(30)14-29-15-25-17-12-19(34-22(17)24(29)31)16-7-4-3-5-8-16/h3-9,11-12,15H,2,10,13-14H2,1H3. The van der Waals surface area contributed by atoms with Crippen molar-refractivity contribution in [3.05, 3.63) is 76.5 Å². The zero-order chi connectivity index (χ0) is 23.5. The molecule has 0 saturated carbocycles. The molecule has 0 radical (unpaired) electrons. The Morgan fingerprint density at radius 3 is 2.74 bits per heavy atom. The molecular formula is C24H21N5O3S2. The van der Waals surface area contributed by atoms with Gasteiger partial charge in [0, 0.05) is 11.4 Å². The Bertz CT molecular complexity index is 1470. The number of hydrogen-bond acceptors (Lipinski definition) is 8. The Morgan fingerprint density at radius 2 is 1.97 bits per heavy atom. The topological polar surface area (TPSA) is 94.1 Å². The monoisotopic (exact) mass is 491 g/mol. The number of aromatic nitrogens is 4. The van der Waals surface area contributed by atoms with E-state index in [1.165, 1.54) is 33.6 Å². The van der Waals surface area contributed by atoms with Crippen LogP contribution in [0, 0.1) is 0 Å². The van der Waals surface area contributed by atoms with Gasteiger partial charge in [0.2, 0.25) is 11.8 Å². The molecule has 4 heterocycles. The minimum Gasteiger partial charge on any atom is -0.418 e. The average molecular weight is 492 g/mol. The van der Waals surface area contributed by atoms with Gasteiger partial charge in [0.05, 0.1) is 23.3 Å². The molecule has 0 aliphatic carbocycles. The van der Waals surface area contributed by atoms with E-state index < -0.39 is 0 Å². The molecule has 10 heteroatoms. The lowest BCUT2D eigenvalue weighted by molar-refractivity contribution is -0.132. The van der Waals surface area contributed by atoms with Crippen molar-refractivity contribution in [2.24, 2.45) is 0 Å². The number of rotatable bonds is 8. The molecule has 8 nitrogen and oxygen atoms in total. The molecule has 1 amide bonds. The highest BCUT2D eigenvalue weighted by Crippen LogP contribution is 2.30. The van der Waals surface area contributed by atoms with Gasteiger partial charge in [-0.1, -0.05) is 43.3 Å².